The van der Waals surface area contributed by atoms with Crippen LogP contribution in [0.4, 0.5) is 0 Å². The van der Waals surface area contributed by atoms with Crippen molar-refractivity contribution < 1.29 is 4.74 Å². The highest BCUT2D eigenvalue weighted by Crippen LogP contribution is 2.35. The summed E-state index contributed by atoms with van der Waals surface area (Å²) in [6.45, 7) is 0. The number of halogens is 2. The Balaban J connectivity index is 2.91. The second-order valence-electron chi connectivity index (χ2n) is 2.81. The van der Waals surface area contributed by atoms with Gasteiger partial charge >= 0.3 is 0 Å². The molecular weight excluding hydrogens is 255 g/mol. The maximum absolute atomic E-state index is 6.02. The third-order valence-electron chi connectivity index (χ3n) is 1.93. The Hall–Kier alpha value is -0.710. The molecule has 1 aromatic heterocycles. The lowest BCUT2D eigenvalue weighted by atomic mass is 10.2. The summed E-state index contributed by atoms with van der Waals surface area (Å²) >= 11 is 16.0. The zero-order valence-electron chi connectivity index (χ0n) is 7.66. The molecule has 2 aromatic rings. The Morgan fingerprint density at radius 2 is 2.13 bits per heavy atom. The van der Waals surface area contributed by atoms with E-state index < -0.39 is 0 Å². The average Bonchev–Trinajstić information content (AvgIpc) is 2.17. The van der Waals surface area contributed by atoms with E-state index in [1.807, 2.05) is 0 Å². The number of ether oxygens (including phenoxy) is 1. The molecule has 0 aliphatic heterocycles. The van der Waals surface area contributed by atoms with Gasteiger partial charge in [-0.15, -0.1) is 12.6 Å². The quantitative estimate of drug-likeness (QED) is 0.632. The molecule has 0 aliphatic rings. The van der Waals surface area contributed by atoms with Crippen molar-refractivity contribution in [3.8, 4) is 5.75 Å². The molecule has 78 valence electrons. The second-order valence-corrected chi connectivity index (χ2v) is 4.04. The normalized spacial score (nSPS) is 10.7. The van der Waals surface area contributed by atoms with Gasteiger partial charge in [0.05, 0.1) is 17.0 Å². The molecule has 0 radical (unpaired) electrons. The molecule has 3 nitrogen and oxygen atoms in total. The fourth-order valence-electron chi connectivity index (χ4n) is 1.29. The summed E-state index contributed by atoms with van der Waals surface area (Å²) in [6, 6.07) is 1.68. The van der Waals surface area contributed by atoms with Gasteiger partial charge in [0, 0.05) is 11.6 Å². The molecule has 0 aliphatic carbocycles. The molecule has 0 N–H and O–H groups in total. The van der Waals surface area contributed by atoms with Crippen LogP contribution >= 0.6 is 35.8 Å². The maximum Gasteiger partial charge on any atom is 0.223 e. The van der Waals surface area contributed by atoms with Crippen molar-refractivity contribution >= 4 is 46.7 Å². The SMILES string of the molecule is COc1c(S)cc(Cl)c2cnc(Cl)nc12. The lowest BCUT2D eigenvalue weighted by molar-refractivity contribution is 0.409. The molecule has 0 bridgehead atoms. The van der Waals surface area contributed by atoms with Crippen molar-refractivity contribution in [2.24, 2.45) is 0 Å². The minimum atomic E-state index is 0.149. The molecule has 0 amide bonds. The first kappa shape index (κ1) is 10.8. The number of nitrogens with zero attached hydrogens (tertiary/aromatic N) is 2. The lowest BCUT2D eigenvalue weighted by Crippen LogP contribution is -1.92. The molecule has 0 spiro atoms. The minimum absolute atomic E-state index is 0.149. The summed E-state index contributed by atoms with van der Waals surface area (Å²) < 4.78 is 5.18. The molecule has 15 heavy (non-hydrogen) atoms. The highest BCUT2D eigenvalue weighted by molar-refractivity contribution is 7.80. The van der Waals surface area contributed by atoms with Crippen LogP contribution in [0.15, 0.2) is 17.2 Å². The zero-order chi connectivity index (χ0) is 11.0. The van der Waals surface area contributed by atoms with E-state index in [9.17, 15) is 0 Å². The number of rotatable bonds is 1. The summed E-state index contributed by atoms with van der Waals surface area (Å²) in [5, 5.41) is 1.36. The highest BCUT2D eigenvalue weighted by atomic mass is 35.5. The van der Waals surface area contributed by atoms with Gasteiger partial charge < -0.3 is 4.74 Å². The average molecular weight is 261 g/mol. The summed E-state index contributed by atoms with van der Waals surface area (Å²) in [7, 11) is 1.54. The molecule has 0 unspecified atom stereocenters. The van der Waals surface area contributed by atoms with Crippen molar-refractivity contribution in [1.82, 2.24) is 9.97 Å². The molecule has 2 rings (SSSR count). The van der Waals surface area contributed by atoms with Crippen molar-refractivity contribution in [1.29, 1.82) is 0 Å². The van der Waals surface area contributed by atoms with Crippen molar-refractivity contribution in [2.45, 2.75) is 4.90 Å². The number of thiol groups is 1. The number of hydrogen-bond donors (Lipinski definition) is 1. The Morgan fingerprint density at radius 1 is 1.40 bits per heavy atom. The van der Waals surface area contributed by atoms with Gasteiger partial charge in [-0.3, -0.25) is 0 Å². The Kier molecular flexibility index (Phi) is 2.91. The molecular formula is C9H6Cl2N2OS. The van der Waals surface area contributed by atoms with E-state index in [1.54, 1.807) is 19.4 Å². The third kappa shape index (κ3) is 1.85. The molecule has 6 heteroatoms. The van der Waals surface area contributed by atoms with Crippen LogP contribution in [0.25, 0.3) is 10.9 Å². The first-order valence-electron chi connectivity index (χ1n) is 4.01. The first-order valence-corrected chi connectivity index (χ1v) is 5.21. The van der Waals surface area contributed by atoms with Crippen LogP contribution < -0.4 is 4.74 Å². The van der Waals surface area contributed by atoms with Gasteiger partial charge in [0.15, 0.2) is 5.75 Å². The molecule has 0 atom stereocenters. The van der Waals surface area contributed by atoms with E-state index in [4.69, 9.17) is 27.9 Å². The first-order chi connectivity index (χ1) is 7.13. The fraction of sp³-hybridized carbons (Fsp3) is 0.111. The van der Waals surface area contributed by atoms with E-state index in [2.05, 4.69) is 22.6 Å². The zero-order valence-corrected chi connectivity index (χ0v) is 10.1. The largest absolute Gasteiger partial charge is 0.493 e. The Morgan fingerprint density at radius 3 is 2.80 bits per heavy atom. The van der Waals surface area contributed by atoms with Crippen molar-refractivity contribution in [3.63, 3.8) is 0 Å². The lowest BCUT2D eigenvalue weighted by Gasteiger charge is -2.08. The smallest absolute Gasteiger partial charge is 0.223 e. The number of fused-ring (bicyclic) bond motifs is 1. The predicted octanol–water partition coefficient (Wildman–Crippen LogP) is 3.23. The van der Waals surface area contributed by atoms with Gasteiger partial charge in [0.25, 0.3) is 0 Å². The molecule has 0 saturated heterocycles. The van der Waals surface area contributed by atoms with Gasteiger partial charge in [0.1, 0.15) is 5.52 Å². The number of hydrogen-bond acceptors (Lipinski definition) is 4. The maximum atomic E-state index is 6.02. The third-order valence-corrected chi connectivity index (χ3v) is 2.76. The second kappa shape index (κ2) is 4.04. The van der Waals surface area contributed by atoms with E-state index in [-0.39, 0.29) is 5.28 Å². The molecule has 1 heterocycles. The van der Waals surface area contributed by atoms with E-state index >= 15 is 0 Å². The van der Waals surface area contributed by atoms with Crippen LogP contribution in [0.3, 0.4) is 0 Å². The number of benzene rings is 1. The van der Waals surface area contributed by atoms with Crippen LogP contribution in [0.2, 0.25) is 10.3 Å². The van der Waals surface area contributed by atoms with E-state index in [1.165, 1.54) is 0 Å². The summed E-state index contributed by atoms with van der Waals surface area (Å²) in [5.41, 5.74) is 0.565. The predicted molar refractivity (Wildman–Crippen MR) is 63.4 cm³/mol. The van der Waals surface area contributed by atoms with Gasteiger partial charge in [-0.2, -0.15) is 0 Å². The van der Waals surface area contributed by atoms with E-state index in [0.29, 0.717) is 26.6 Å². The van der Waals surface area contributed by atoms with Crippen molar-refractivity contribution in [3.05, 3.63) is 22.6 Å². The molecule has 0 saturated carbocycles. The Labute approximate surface area is 102 Å². The van der Waals surface area contributed by atoms with E-state index in [0.717, 1.165) is 0 Å². The standard InChI is InChI=1S/C9H6Cl2N2OS/c1-14-8-6(15)2-5(10)4-3-12-9(11)13-7(4)8/h2-3,15H,1H3. The van der Waals surface area contributed by atoms with Gasteiger partial charge in [-0.1, -0.05) is 11.6 Å². The Bertz CT molecular complexity index is 533. The van der Waals surface area contributed by atoms with Crippen LogP contribution in [0.5, 0.6) is 5.75 Å². The number of aromatic nitrogens is 2. The fourth-order valence-corrected chi connectivity index (χ4v) is 2.08. The van der Waals surface area contributed by atoms with Gasteiger partial charge in [-0.05, 0) is 17.7 Å². The van der Waals surface area contributed by atoms with Crippen LogP contribution in [0, 0.1) is 0 Å². The van der Waals surface area contributed by atoms with Crippen LogP contribution in [0.1, 0.15) is 0 Å². The van der Waals surface area contributed by atoms with Gasteiger partial charge in [-0.25, -0.2) is 9.97 Å². The summed E-state index contributed by atoms with van der Waals surface area (Å²) in [6.07, 6.45) is 1.56. The number of methoxy groups -OCH3 is 1. The topological polar surface area (TPSA) is 35.0 Å². The van der Waals surface area contributed by atoms with Crippen LogP contribution in [-0.2, 0) is 0 Å². The molecule has 1 aromatic carbocycles. The minimum Gasteiger partial charge on any atom is -0.493 e. The van der Waals surface area contributed by atoms with Crippen LogP contribution in [-0.4, -0.2) is 17.1 Å². The highest BCUT2D eigenvalue weighted by Gasteiger charge is 2.12. The van der Waals surface area contributed by atoms with Crippen molar-refractivity contribution in [2.75, 3.05) is 7.11 Å². The monoisotopic (exact) mass is 260 g/mol. The summed E-state index contributed by atoms with van der Waals surface area (Å²) in [4.78, 5) is 8.54. The van der Waals surface area contributed by atoms with Gasteiger partial charge in [0.2, 0.25) is 5.28 Å². The summed E-state index contributed by atoms with van der Waals surface area (Å²) in [5.74, 6) is 0.544. The molecule has 0 fully saturated rings.